The van der Waals surface area contributed by atoms with Gasteiger partial charge in [-0.05, 0) is 53.8 Å². The number of hydrogen-bond acceptors (Lipinski definition) is 3. The van der Waals surface area contributed by atoms with Crippen molar-refractivity contribution in [1.29, 1.82) is 0 Å². The molecule has 23 heavy (non-hydrogen) atoms. The van der Waals surface area contributed by atoms with Gasteiger partial charge in [-0.2, -0.15) is 0 Å². The van der Waals surface area contributed by atoms with Crippen molar-refractivity contribution in [3.8, 4) is 22.6 Å². The molecule has 0 unspecified atom stereocenters. The summed E-state index contributed by atoms with van der Waals surface area (Å²) < 4.78 is 11.0. The highest BCUT2D eigenvalue weighted by Gasteiger charge is 2.13. The summed E-state index contributed by atoms with van der Waals surface area (Å²) in [6.07, 6.45) is 1.84. The predicted octanol–water partition coefficient (Wildman–Crippen LogP) is 4.41. The largest absolute Gasteiger partial charge is 0.496 e. The molecule has 0 aliphatic carbocycles. The summed E-state index contributed by atoms with van der Waals surface area (Å²) in [5.41, 5.74) is 3.23. The van der Waals surface area contributed by atoms with Gasteiger partial charge in [-0.1, -0.05) is 26.0 Å². The molecule has 0 aliphatic rings. The summed E-state index contributed by atoms with van der Waals surface area (Å²) in [5, 5.41) is 9.16. The van der Waals surface area contributed by atoms with Gasteiger partial charge in [-0.3, -0.25) is 0 Å². The maximum atomic E-state index is 11.2. The van der Waals surface area contributed by atoms with Gasteiger partial charge in [0.2, 0.25) is 0 Å². The van der Waals surface area contributed by atoms with Crippen molar-refractivity contribution in [1.82, 2.24) is 0 Å². The van der Waals surface area contributed by atoms with Crippen LogP contribution in [0.2, 0.25) is 0 Å². The number of aromatic carboxylic acids is 1. The van der Waals surface area contributed by atoms with E-state index in [2.05, 4.69) is 19.9 Å². The van der Waals surface area contributed by atoms with Crippen LogP contribution < -0.4 is 9.47 Å². The van der Waals surface area contributed by atoms with E-state index in [9.17, 15) is 4.79 Å². The van der Waals surface area contributed by atoms with Crippen LogP contribution in [-0.2, 0) is 6.42 Å². The van der Waals surface area contributed by atoms with Crippen LogP contribution in [0.15, 0.2) is 36.4 Å². The third-order valence-corrected chi connectivity index (χ3v) is 3.67. The first-order valence-corrected chi connectivity index (χ1v) is 7.78. The zero-order valence-electron chi connectivity index (χ0n) is 13.8. The molecule has 0 aromatic heterocycles. The highest BCUT2D eigenvalue weighted by Crippen LogP contribution is 2.31. The molecular formula is C19H22O4. The average Bonchev–Trinajstić information content (AvgIpc) is 2.59. The zero-order chi connectivity index (χ0) is 16.8. The lowest BCUT2D eigenvalue weighted by molar-refractivity contribution is 0.0693. The minimum Gasteiger partial charge on any atom is -0.496 e. The molecule has 0 saturated carbocycles. The van der Waals surface area contributed by atoms with Crippen molar-refractivity contribution >= 4 is 5.97 Å². The molecule has 122 valence electrons. The summed E-state index contributed by atoms with van der Waals surface area (Å²) >= 11 is 0. The zero-order valence-corrected chi connectivity index (χ0v) is 13.8. The fourth-order valence-electron chi connectivity index (χ4n) is 2.44. The molecule has 0 bridgehead atoms. The van der Waals surface area contributed by atoms with Crippen molar-refractivity contribution in [3.05, 3.63) is 47.5 Å². The van der Waals surface area contributed by atoms with Gasteiger partial charge < -0.3 is 14.6 Å². The Morgan fingerprint density at radius 1 is 1.04 bits per heavy atom. The molecule has 2 rings (SSSR count). The van der Waals surface area contributed by atoms with Crippen LogP contribution in [0, 0.1) is 0 Å². The number of ether oxygens (including phenoxy) is 2. The van der Waals surface area contributed by atoms with Gasteiger partial charge in [0.1, 0.15) is 17.1 Å². The van der Waals surface area contributed by atoms with Crippen molar-refractivity contribution in [2.24, 2.45) is 0 Å². The maximum Gasteiger partial charge on any atom is 0.339 e. The molecular weight excluding hydrogens is 292 g/mol. The summed E-state index contributed by atoms with van der Waals surface area (Å²) in [7, 11) is 1.48. The molecule has 0 atom stereocenters. The first-order valence-electron chi connectivity index (χ1n) is 7.78. The molecule has 4 heteroatoms. The van der Waals surface area contributed by atoms with Gasteiger partial charge in [0, 0.05) is 0 Å². The lowest BCUT2D eigenvalue weighted by atomic mass is 9.99. The quantitative estimate of drug-likeness (QED) is 0.822. The molecule has 0 fully saturated rings. The second-order valence-corrected chi connectivity index (χ2v) is 5.24. The maximum absolute atomic E-state index is 11.2. The van der Waals surface area contributed by atoms with Crippen molar-refractivity contribution in [3.63, 3.8) is 0 Å². The third kappa shape index (κ3) is 3.83. The van der Waals surface area contributed by atoms with Crippen LogP contribution >= 0.6 is 0 Å². The normalized spacial score (nSPS) is 10.4. The Kier molecular flexibility index (Phi) is 5.63. The second kappa shape index (κ2) is 7.68. The van der Waals surface area contributed by atoms with E-state index in [1.54, 1.807) is 18.2 Å². The van der Waals surface area contributed by atoms with Crippen LogP contribution in [0.3, 0.4) is 0 Å². The van der Waals surface area contributed by atoms with E-state index in [4.69, 9.17) is 14.6 Å². The SMILES string of the molecule is CCCOc1ccc(-c2ccc(C(=O)O)c(OC)c2)cc1CC. The summed E-state index contributed by atoms with van der Waals surface area (Å²) in [6.45, 7) is 4.87. The molecule has 1 N–H and O–H groups in total. The van der Waals surface area contributed by atoms with E-state index in [1.807, 2.05) is 12.1 Å². The Hall–Kier alpha value is -2.49. The first-order chi connectivity index (χ1) is 11.1. The number of hydrogen-bond donors (Lipinski definition) is 1. The van der Waals surface area contributed by atoms with Crippen LogP contribution in [-0.4, -0.2) is 24.8 Å². The number of aryl methyl sites for hydroxylation is 1. The van der Waals surface area contributed by atoms with Gasteiger partial charge >= 0.3 is 5.97 Å². The highest BCUT2D eigenvalue weighted by atomic mass is 16.5. The lowest BCUT2D eigenvalue weighted by Gasteiger charge is -2.13. The Labute approximate surface area is 136 Å². The minimum absolute atomic E-state index is 0.162. The Bertz CT molecular complexity index is 692. The molecule has 0 radical (unpaired) electrons. The van der Waals surface area contributed by atoms with Gasteiger partial charge in [-0.25, -0.2) is 4.79 Å². The number of carboxylic acids is 1. The van der Waals surface area contributed by atoms with E-state index < -0.39 is 5.97 Å². The highest BCUT2D eigenvalue weighted by molar-refractivity contribution is 5.92. The Morgan fingerprint density at radius 2 is 1.74 bits per heavy atom. The second-order valence-electron chi connectivity index (χ2n) is 5.24. The van der Waals surface area contributed by atoms with E-state index in [0.29, 0.717) is 12.4 Å². The monoisotopic (exact) mass is 314 g/mol. The van der Waals surface area contributed by atoms with Gasteiger partial charge in [0.15, 0.2) is 0 Å². The number of methoxy groups -OCH3 is 1. The molecule has 4 nitrogen and oxygen atoms in total. The van der Waals surface area contributed by atoms with Gasteiger partial charge in [0.25, 0.3) is 0 Å². The van der Waals surface area contributed by atoms with Crippen molar-refractivity contribution in [2.45, 2.75) is 26.7 Å². The van der Waals surface area contributed by atoms with Gasteiger partial charge in [0.05, 0.1) is 13.7 Å². The third-order valence-electron chi connectivity index (χ3n) is 3.67. The number of rotatable bonds is 7. The van der Waals surface area contributed by atoms with E-state index in [-0.39, 0.29) is 5.56 Å². The fourth-order valence-corrected chi connectivity index (χ4v) is 2.44. The van der Waals surface area contributed by atoms with Gasteiger partial charge in [-0.15, -0.1) is 0 Å². The standard InChI is InChI=1S/C19H22O4/c1-4-10-23-17-9-7-14(11-13(17)5-2)15-6-8-16(19(20)21)18(12-15)22-3/h6-9,11-12H,4-5,10H2,1-3H3,(H,20,21). The molecule has 2 aromatic rings. The fraction of sp³-hybridized carbons (Fsp3) is 0.316. The molecule has 0 saturated heterocycles. The Balaban J connectivity index is 2.40. The minimum atomic E-state index is -0.994. The van der Waals surface area contributed by atoms with E-state index in [0.717, 1.165) is 35.3 Å². The van der Waals surface area contributed by atoms with E-state index >= 15 is 0 Å². The Morgan fingerprint density at radius 3 is 2.35 bits per heavy atom. The molecule has 0 amide bonds. The first kappa shape index (κ1) is 16.9. The smallest absolute Gasteiger partial charge is 0.339 e. The molecule has 0 spiro atoms. The van der Waals surface area contributed by atoms with Crippen LogP contribution in [0.25, 0.3) is 11.1 Å². The molecule has 0 aliphatic heterocycles. The number of carbonyl (C=O) groups is 1. The molecule has 0 heterocycles. The van der Waals surface area contributed by atoms with Crippen LogP contribution in [0.5, 0.6) is 11.5 Å². The summed E-state index contributed by atoms with van der Waals surface area (Å²) in [4.78, 5) is 11.2. The van der Waals surface area contributed by atoms with Crippen molar-refractivity contribution in [2.75, 3.05) is 13.7 Å². The van der Waals surface area contributed by atoms with E-state index in [1.165, 1.54) is 7.11 Å². The van der Waals surface area contributed by atoms with Crippen LogP contribution in [0.4, 0.5) is 0 Å². The predicted molar refractivity (Wildman–Crippen MR) is 90.6 cm³/mol. The number of benzene rings is 2. The molecule has 2 aromatic carbocycles. The van der Waals surface area contributed by atoms with Crippen LogP contribution in [0.1, 0.15) is 36.2 Å². The number of carboxylic acid groups (broad SMARTS) is 1. The summed E-state index contributed by atoms with van der Waals surface area (Å²) in [6, 6.07) is 11.2. The topological polar surface area (TPSA) is 55.8 Å². The lowest BCUT2D eigenvalue weighted by Crippen LogP contribution is -2.01. The summed E-state index contributed by atoms with van der Waals surface area (Å²) in [5.74, 6) is 0.275. The average molecular weight is 314 g/mol. The van der Waals surface area contributed by atoms with Crippen molar-refractivity contribution < 1.29 is 19.4 Å².